The maximum atomic E-state index is 12.1. The molecule has 0 aliphatic rings. The molecule has 22 heavy (non-hydrogen) atoms. The Morgan fingerprint density at radius 1 is 1.36 bits per heavy atom. The molecule has 1 aromatic rings. The molecule has 0 aliphatic carbocycles. The predicted molar refractivity (Wildman–Crippen MR) is 81.4 cm³/mol. The quantitative estimate of drug-likeness (QED) is 0.616. The van der Waals surface area contributed by atoms with Crippen LogP contribution in [0.15, 0.2) is 12.1 Å². The van der Waals surface area contributed by atoms with Crippen LogP contribution in [0.3, 0.4) is 0 Å². The fraction of sp³-hybridized carbons (Fsp3) is 0.533. The van der Waals surface area contributed by atoms with Crippen molar-refractivity contribution >= 4 is 17.6 Å². The molecule has 7 nitrogen and oxygen atoms in total. The second kappa shape index (κ2) is 8.21. The number of hydrogen-bond acceptors (Lipinski definition) is 5. The third-order valence-corrected chi connectivity index (χ3v) is 3.40. The molecule has 0 aliphatic heterocycles. The minimum atomic E-state index is -0.665. The topological polar surface area (TPSA) is 102 Å². The van der Waals surface area contributed by atoms with Crippen LogP contribution in [0, 0.1) is 23.0 Å². The fourth-order valence-corrected chi connectivity index (χ4v) is 2.13. The lowest BCUT2D eigenvalue weighted by Crippen LogP contribution is -2.35. The van der Waals surface area contributed by atoms with Gasteiger partial charge in [-0.1, -0.05) is 26.7 Å². The summed E-state index contributed by atoms with van der Waals surface area (Å²) in [6.07, 6.45) is 3.27. The minimum Gasteiger partial charge on any atom is -0.358 e. The van der Waals surface area contributed by atoms with Crippen molar-refractivity contribution in [2.24, 2.45) is 5.92 Å². The molecular weight excluding hydrogens is 286 g/mol. The lowest BCUT2D eigenvalue weighted by Gasteiger charge is -2.13. The third-order valence-electron chi connectivity index (χ3n) is 3.40. The number of rotatable bonds is 7. The number of imide groups is 1. The lowest BCUT2D eigenvalue weighted by molar-refractivity contribution is -0.389. The number of hydrogen-bond donors (Lipinski definition) is 1. The van der Waals surface area contributed by atoms with Gasteiger partial charge in [-0.3, -0.25) is 14.9 Å². The first kappa shape index (κ1) is 17.7. The van der Waals surface area contributed by atoms with Crippen molar-refractivity contribution in [2.45, 2.75) is 46.5 Å². The summed E-state index contributed by atoms with van der Waals surface area (Å²) in [5.41, 5.74) is 0.419. The Hall–Kier alpha value is -2.31. The average molecular weight is 307 g/mol. The highest BCUT2D eigenvalue weighted by atomic mass is 16.6. The van der Waals surface area contributed by atoms with Gasteiger partial charge in [0.05, 0.1) is 5.56 Å². The number of nitrogens with one attached hydrogen (secondary N) is 1. The van der Waals surface area contributed by atoms with Crippen LogP contribution in [0.25, 0.3) is 0 Å². The molecule has 0 aromatic carbocycles. The molecule has 0 fully saturated rings. The van der Waals surface area contributed by atoms with E-state index in [-0.39, 0.29) is 17.4 Å². The summed E-state index contributed by atoms with van der Waals surface area (Å²) < 4.78 is 0. The van der Waals surface area contributed by atoms with Gasteiger partial charge in [-0.15, -0.1) is 0 Å². The number of amides is 2. The van der Waals surface area contributed by atoms with Crippen LogP contribution in [-0.2, 0) is 4.79 Å². The monoisotopic (exact) mass is 307 g/mol. The summed E-state index contributed by atoms with van der Waals surface area (Å²) in [7, 11) is 0. The molecule has 7 heteroatoms. The van der Waals surface area contributed by atoms with E-state index in [4.69, 9.17) is 0 Å². The van der Waals surface area contributed by atoms with Crippen molar-refractivity contribution in [2.75, 3.05) is 0 Å². The van der Waals surface area contributed by atoms with Gasteiger partial charge in [0.25, 0.3) is 5.91 Å². The molecule has 1 heterocycles. The Balaban J connectivity index is 2.84. The molecular formula is C15H21N3O4. The molecule has 1 unspecified atom stereocenters. The molecule has 0 radical (unpaired) electrons. The zero-order chi connectivity index (χ0) is 16.7. The number of carbonyl (C=O) groups is 2. The van der Waals surface area contributed by atoms with E-state index in [1.165, 1.54) is 6.07 Å². The van der Waals surface area contributed by atoms with Gasteiger partial charge in [-0.25, -0.2) is 0 Å². The molecule has 0 saturated carbocycles. The Kier molecular flexibility index (Phi) is 6.62. The number of carbonyl (C=O) groups excluding carboxylic acids is 2. The van der Waals surface area contributed by atoms with Crippen molar-refractivity contribution in [3.8, 4) is 0 Å². The number of pyridine rings is 1. The van der Waals surface area contributed by atoms with Gasteiger partial charge in [-0.05, 0) is 28.8 Å². The summed E-state index contributed by atoms with van der Waals surface area (Å²) in [6, 6.07) is 2.49. The van der Waals surface area contributed by atoms with Crippen molar-refractivity contribution in [3.63, 3.8) is 0 Å². The van der Waals surface area contributed by atoms with Crippen LogP contribution in [-0.4, -0.2) is 21.7 Å². The SMILES string of the molecule is CCCCC(CC)C(=O)NC(=O)c1cc(C)nc([N+](=O)[O-])c1. The zero-order valence-electron chi connectivity index (χ0n) is 13.1. The van der Waals surface area contributed by atoms with Crippen LogP contribution >= 0.6 is 0 Å². The summed E-state index contributed by atoms with van der Waals surface area (Å²) in [6.45, 7) is 5.49. The van der Waals surface area contributed by atoms with Crippen LogP contribution in [0.2, 0.25) is 0 Å². The van der Waals surface area contributed by atoms with E-state index in [0.29, 0.717) is 12.1 Å². The number of nitrogens with zero attached hydrogens (tertiary/aromatic N) is 2. The molecule has 1 aromatic heterocycles. The average Bonchev–Trinajstić information content (AvgIpc) is 2.47. The Labute approximate surface area is 129 Å². The van der Waals surface area contributed by atoms with Gasteiger partial charge in [0, 0.05) is 18.9 Å². The second-order valence-corrected chi connectivity index (χ2v) is 5.18. The van der Waals surface area contributed by atoms with Gasteiger partial charge in [0.1, 0.15) is 0 Å². The highest BCUT2D eigenvalue weighted by Gasteiger charge is 2.21. The van der Waals surface area contributed by atoms with Crippen molar-refractivity contribution in [3.05, 3.63) is 33.5 Å². The molecule has 0 spiro atoms. The largest absolute Gasteiger partial charge is 0.364 e. The van der Waals surface area contributed by atoms with Gasteiger partial charge in [0.2, 0.25) is 5.91 Å². The third kappa shape index (κ3) is 4.91. The Morgan fingerprint density at radius 2 is 2.05 bits per heavy atom. The summed E-state index contributed by atoms with van der Waals surface area (Å²) in [4.78, 5) is 38.0. The van der Waals surface area contributed by atoms with Crippen LogP contribution in [0.1, 0.15) is 55.6 Å². The predicted octanol–water partition coefficient (Wildman–Crippen LogP) is 2.77. The van der Waals surface area contributed by atoms with E-state index in [2.05, 4.69) is 10.3 Å². The van der Waals surface area contributed by atoms with Crippen LogP contribution < -0.4 is 5.32 Å². The minimum absolute atomic E-state index is 0.0675. The van der Waals surface area contributed by atoms with E-state index < -0.39 is 16.6 Å². The molecule has 1 N–H and O–H groups in total. The standard InChI is InChI=1S/C15H21N3O4/c1-4-6-7-11(5-2)14(19)17-15(20)12-8-10(3)16-13(9-12)18(21)22/h8-9,11H,4-7H2,1-3H3,(H,17,19,20). The molecule has 1 atom stereocenters. The van der Waals surface area contributed by atoms with Crippen LogP contribution in [0.5, 0.6) is 0 Å². The number of aromatic nitrogens is 1. The summed E-state index contributed by atoms with van der Waals surface area (Å²) in [5, 5.41) is 13.1. The van der Waals surface area contributed by atoms with Gasteiger partial charge < -0.3 is 10.1 Å². The van der Waals surface area contributed by atoms with Crippen molar-refractivity contribution in [1.82, 2.24) is 10.3 Å². The number of aryl methyl sites for hydroxylation is 1. The fourth-order valence-electron chi connectivity index (χ4n) is 2.13. The van der Waals surface area contributed by atoms with Gasteiger partial charge in [0.15, 0.2) is 5.69 Å². The highest BCUT2D eigenvalue weighted by Crippen LogP contribution is 2.15. The zero-order valence-corrected chi connectivity index (χ0v) is 13.1. The Bertz CT molecular complexity index is 572. The Morgan fingerprint density at radius 3 is 2.59 bits per heavy atom. The lowest BCUT2D eigenvalue weighted by atomic mass is 9.98. The van der Waals surface area contributed by atoms with Gasteiger partial charge in [-0.2, -0.15) is 0 Å². The maximum Gasteiger partial charge on any atom is 0.364 e. The number of unbranched alkanes of at least 4 members (excludes halogenated alkanes) is 1. The van der Waals surface area contributed by atoms with E-state index >= 15 is 0 Å². The molecule has 0 bridgehead atoms. The first-order valence-corrected chi connectivity index (χ1v) is 7.37. The molecule has 120 valence electrons. The molecule has 2 amide bonds. The molecule has 1 rings (SSSR count). The summed E-state index contributed by atoms with van der Waals surface area (Å²) in [5.74, 6) is -1.59. The smallest absolute Gasteiger partial charge is 0.358 e. The van der Waals surface area contributed by atoms with E-state index in [9.17, 15) is 19.7 Å². The van der Waals surface area contributed by atoms with E-state index in [1.54, 1.807) is 6.92 Å². The first-order valence-electron chi connectivity index (χ1n) is 7.37. The molecule has 0 saturated heterocycles. The van der Waals surface area contributed by atoms with E-state index in [1.807, 2.05) is 13.8 Å². The van der Waals surface area contributed by atoms with Crippen molar-refractivity contribution in [1.29, 1.82) is 0 Å². The number of nitro groups is 1. The van der Waals surface area contributed by atoms with Crippen LogP contribution in [0.4, 0.5) is 5.82 Å². The summed E-state index contributed by atoms with van der Waals surface area (Å²) >= 11 is 0. The highest BCUT2D eigenvalue weighted by molar-refractivity contribution is 6.05. The van der Waals surface area contributed by atoms with Gasteiger partial charge >= 0.3 is 5.82 Å². The van der Waals surface area contributed by atoms with E-state index in [0.717, 1.165) is 25.3 Å². The maximum absolute atomic E-state index is 12.1. The normalized spacial score (nSPS) is 11.8. The first-order chi connectivity index (χ1) is 10.4. The van der Waals surface area contributed by atoms with Crippen molar-refractivity contribution < 1.29 is 14.5 Å². The second-order valence-electron chi connectivity index (χ2n) is 5.18.